The van der Waals surface area contributed by atoms with E-state index in [1.165, 1.54) is 6.07 Å². The van der Waals surface area contributed by atoms with Gasteiger partial charge in [-0.3, -0.25) is 0 Å². The van der Waals surface area contributed by atoms with Gasteiger partial charge in [0.05, 0.1) is 6.04 Å². The molecule has 0 bridgehead atoms. The molecule has 18 heavy (non-hydrogen) atoms. The van der Waals surface area contributed by atoms with Crippen LogP contribution in [0.15, 0.2) is 36.7 Å². The molecule has 1 N–H and O–H groups in total. The van der Waals surface area contributed by atoms with Crippen LogP contribution in [0, 0.1) is 5.82 Å². The molecule has 4 heteroatoms. The molecule has 0 spiro atoms. The summed E-state index contributed by atoms with van der Waals surface area (Å²) in [6, 6.07) is 7.03. The molecule has 0 fully saturated rings. The van der Waals surface area contributed by atoms with Gasteiger partial charge >= 0.3 is 0 Å². The summed E-state index contributed by atoms with van der Waals surface area (Å²) < 4.78 is 15.2. The van der Waals surface area contributed by atoms with Gasteiger partial charge in [0.1, 0.15) is 5.82 Å². The van der Waals surface area contributed by atoms with Crippen LogP contribution in [-0.4, -0.2) is 15.6 Å². The fourth-order valence-corrected chi connectivity index (χ4v) is 1.92. The normalized spacial score (nSPS) is 12.7. The van der Waals surface area contributed by atoms with E-state index in [9.17, 15) is 4.39 Å². The zero-order valence-corrected chi connectivity index (χ0v) is 10.9. The molecule has 2 aromatic rings. The first kappa shape index (κ1) is 12.6. The van der Waals surface area contributed by atoms with E-state index in [2.05, 4.69) is 24.1 Å². The predicted octanol–water partition coefficient (Wildman–Crippen LogP) is 3.45. The van der Waals surface area contributed by atoms with Crippen LogP contribution in [0.4, 0.5) is 10.3 Å². The van der Waals surface area contributed by atoms with E-state index < -0.39 is 0 Å². The van der Waals surface area contributed by atoms with E-state index in [1.54, 1.807) is 18.3 Å². The molecule has 1 aromatic heterocycles. The molecule has 0 saturated carbocycles. The fraction of sp³-hybridized carbons (Fsp3) is 0.357. The van der Waals surface area contributed by atoms with E-state index in [0.717, 1.165) is 11.5 Å². The van der Waals surface area contributed by atoms with Crippen molar-refractivity contribution in [1.29, 1.82) is 0 Å². The summed E-state index contributed by atoms with van der Waals surface area (Å²) in [5.74, 6) is 0.597. The summed E-state index contributed by atoms with van der Waals surface area (Å²) in [5, 5.41) is 3.28. The number of aromatic nitrogens is 2. The molecule has 0 amide bonds. The molecule has 0 aliphatic rings. The topological polar surface area (TPSA) is 29.9 Å². The summed E-state index contributed by atoms with van der Waals surface area (Å²) in [5.41, 5.74) is 0.930. The second-order valence-corrected chi connectivity index (χ2v) is 4.69. The van der Waals surface area contributed by atoms with Crippen molar-refractivity contribution in [3.8, 4) is 0 Å². The standard InChI is InChI=1S/C14H18FN3/c1-10(2)17-14-16-7-8-18(14)11(3)12-5-4-6-13(15)9-12/h4-11H,1-3H3,(H,16,17). The smallest absolute Gasteiger partial charge is 0.203 e. The maximum Gasteiger partial charge on any atom is 0.203 e. The van der Waals surface area contributed by atoms with Crippen molar-refractivity contribution in [2.24, 2.45) is 0 Å². The number of anilines is 1. The Morgan fingerprint density at radius 2 is 2.06 bits per heavy atom. The molecular weight excluding hydrogens is 229 g/mol. The van der Waals surface area contributed by atoms with Crippen LogP contribution in [0.1, 0.15) is 32.4 Å². The molecule has 96 valence electrons. The lowest BCUT2D eigenvalue weighted by atomic mass is 10.1. The van der Waals surface area contributed by atoms with Crippen molar-refractivity contribution in [3.63, 3.8) is 0 Å². The van der Waals surface area contributed by atoms with Gasteiger partial charge in [0, 0.05) is 18.4 Å². The highest BCUT2D eigenvalue weighted by molar-refractivity contribution is 5.31. The summed E-state index contributed by atoms with van der Waals surface area (Å²) >= 11 is 0. The molecule has 1 aromatic carbocycles. The molecule has 0 saturated heterocycles. The SMILES string of the molecule is CC(C)Nc1nccn1C(C)c1cccc(F)c1. The molecule has 1 atom stereocenters. The Hall–Kier alpha value is -1.84. The Kier molecular flexibility index (Phi) is 3.65. The first-order chi connectivity index (χ1) is 8.58. The predicted molar refractivity (Wildman–Crippen MR) is 71.2 cm³/mol. The molecule has 2 rings (SSSR count). The third kappa shape index (κ3) is 2.70. The Morgan fingerprint density at radius 1 is 1.28 bits per heavy atom. The molecule has 0 aliphatic heterocycles. The van der Waals surface area contributed by atoms with Crippen molar-refractivity contribution < 1.29 is 4.39 Å². The van der Waals surface area contributed by atoms with Crippen LogP contribution in [0.5, 0.6) is 0 Å². The van der Waals surface area contributed by atoms with E-state index in [4.69, 9.17) is 0 Å². The average Bonchev–Trinajstić information content (AvgIpc) is 2.75. The minimum Gasteiger partial charge on any atom is -0.353 e. The largest absolute Gasteiger partial charge is 0.353 e. The lowest BCUT2D eigenvalue weighted by Crippen LogP contribution is -2.17. The first-order valence-corrected chi connectivity index (χ1v) is 6.12. The third-order valence-corrected chi connectivity index (χ3v) is 2.83. The van der Waals surface area contributed by atoms with Crippen LogP contribution in [0.25, 0.3) is 0 Å². The number of hydrogen-bond donors (Lipinski definition) is 1. The van der Waals surface area contributed by atoms with Gasteiger partial charge in [0.25, 0.3) is 0 Å². The Morgan fingerprint density at radius 3 is 2.72 bits per heavy atom. The number of halogens is 1. The monoisotopic (exact) mass is 247 g/mol. The first-order valence-electron chi connectivity index (χ1n) is 6.12. The van der Waals surface area contributed by atoms with Gasteiger partial charge in [0.15, 0.2) is 0 Å². The zero-order valence-electron chi connectivity index (χ0n) is 10.9. The maximum atomic E-state index is 13.2. The van der Waals surface area contributed by atoms with Gasteiger partial charge in [-0.1, -0.05) is 12.1 Å². The Bertz CT molecular complexity index is 519. The van der Waals surface area contributed by atoms with Gasteiger partial charge in [-0.25, -0.2) is 9.37 Å². The van der Waals surface area contributed by atoms with Crippen molar-refractivity contribution in [1.82, 2.24) is 9.55 Å². The molecule has 3 nitrogen and oxygen atoms in total. The van der Waals surface area contributed by atoms with E-state index >= 15 is 0 Å². The Labute approximate surface area is 107 Å². The second-order valence-electron chi connectivity index (χ2n) is 4.69. The highest BCUT2D eigenvalue weighted by atomic mass is 19.1. The molecule has 0 aliphatic carbocycles. The van der Waals surface area contributed by atoms with Crippen LogP contribution in [0.2, 0.25) is 0 Å². The molecule has 0 radical (unpaired) electrons. The zero-order chi connectivity index (χ0) is 13.1. The minimum atomic E-state index is -0.210. The number of nitrogens with one attached hydrogen (secondary N) is 1. The van der Waals surface area contributed by atoms with Gasteiger partial charge < -0.3 is 9.88 Å². The van der Waals surface area contributed by atoms with Crippen LogP contribution in [-0.2, 0) is 0 Å². The maximum absolute atomic E-state index is 13.2. The summed E-state index contributed by atoms with van der Waals surface area (Å²) in [7, 11) is 0. The van der Waals surface area contributed by atoms with Crippen LogP contribution >= 0.6 is 0 Å². The lowest BCUT2D eigenvalue weighted by molar-refractivity contribution is 0.604. The quantitative estimate of drug-likeness (QED) is 0.896. The molecular formula is C14H18FN3. The summed E-state index contributed by atoms with van der Waals surface area (Å²) in [4.78, 5) is 4.28. The van der Waals surface area contributed by atoms with Gasteiger partial charge in [-0.05, 0) is 38.5 Å². The number of rotatable bonds is 4. The fourth-order valence-electron chi connectivity index (χ4n) is 1.92. The van der Waals surface area contributed by atoms with Gasteiger partial charge in [-0.15, -0.1) is 0 Å². The van der Waals surface area contributed by atoms with Crippen molar-refractivity contribution >= 4 is 5.95 Å². The minimum absolute atomic E-state index is 0.0458. The van der Waals surface area contributed by atoms with Gasteiger partial charge in [-0.2, -0.15) is 0 Å². The number of imidazole rings is 1. The van der Waals surface area contributed by atoms with E-state index in [0.29, 0.717) is 6.04 Å². The lowest BCUT2D eigenvalue weighted by Gasteiger charge is -2.18. The molecule has 1 heterocycles. The molecule has 1 unspecified atom stereocenters. The van der Waals surface area contributed by atoms with Gasteiger partial charge in [0.2, 0.25) is 5.95 Å². The van der Waals surface area contributed by atoms with Crippen molar-refractivity contribution in [3.05, 3.63) is 48.0 Å². The summed E-state index contributed by atoms with van der Waals surface area (Å²) in [6.45, 7) is 6.15. The van der Waals surface area contributed by atoms with E-state index in [-0.39, 0.29) is 11.9 Å². The van der Waals surface area contributed by atoms with E-state index in [1.807, 2.05) is 23.8 Å². The highest BCUT2D eigenvalue weighted by Gasteiger charge is 2.12. The second kappa shape index (κ2) is 5.21. The van der Waals surface area contributed by atoms with Crippen molar-refractivity contribution in [2.45, 2.75) is 32.9 Å². The Balaban J connectivity index is 2.28. The van der Waals surface area contributed by atoms with Crippen molar-refractivity contribution in [2.75, 3.05) is 5.32 Å². The number of hydrogen-bond acceptors (Lipinski definition) is 2. The number of nitrogens with zero attached hydrogens (tertiary/aromatic N) is 2. The highest BCUT2D eigenvalue weighted by Crippen LogP contribution is 2.22. The third-order valence-electron chi connectivity index (χ3n) is 2.83. The summed E-state index contributed by atoms with van der Waals surface area (Å²) in [6.07, 6.45) is 3.65. The van der Waals surface area contributed by atoms with Crippen LogP contribution in [0.3, 0.4) is 0 Å². The number of benzene rings is 1. The average molecular weight is 247 g/mol. The van der Waals surface area contributed by atoms with Crippen LogP contribution < -0.4 is 5.32 Å².